The largest absolute Gasteiger partial charge is 0.494 e. The molecular weight excluding hydrogens is 228 g/mol. The van der Waals surface area contributed by atoms with Gasteiger partial charge in [0, 0.05) is 12.0 Å². The number of hydrogen-bond acceptors (Lipinski definition) is 3. The van der Waals surface area contributed by atoms with Crippen molar-refractivity contribution in [3.8, 4) is 5.75 Å². The standard InChI is InChI=1S/C15H18O3/c1-2-3-10-17-13-7-4-6-12(11-13)14-8-5-9-15(16)18-14/h4,6-8,11H,2-3,5,9-10H2,1H3. The van der Waals surface area contributed by atoms with Crippen LogP contribution in [-0.2, 0) is 9.53 Å². The lowest BCUT2D eigenvalue weighted by Crippen LogP contribution is -2.08. The van der Waals surface area contributed by atoms with Crippen LogP contribution < -0.4 is 4.74 Å². The molecule has 0 saturated carbocycles. The summed E-state index contributed by atoms with van der Waals surface area (Å²) in [4.78, 5) is 11.2. The topological polar surface area (TPSA) is 35.5 Å². The maximum absolute atomic E-state index is 11.2. The van der Waals surface area contributed by atoms with E-state index in [-0.39, 0.29) is 5.97 Å². The summed E-state index contributed by atoms with van der Waals surface area (Å²) >= 11 is 0. The fraction of sp³-hybridized carbons (Fsp3) is 0.400. The van der Waals surface area contributed by atoms with Crippen LogP contribution in [0.5, 0.6) is 5.75 Å². The first-order chi connectivity index (χ1) is 8.79. The zero-order chi connectivity index (χ0) is 12.8. The number of rotatable bonds is 5. The first-order valence-electron chi connectivity index (χ1n) is 6.43. The molecule has 1 aliphatic heterocycles. The predicted octanol–water partition coefficient (Wildman–Crippen LogP) is 3.54. The zero-order valence-electron chi connectivity index (χ0n) is 10.6. The van der Waals surface area contributed by atoms with Crippen molar-refractivity contribution in [1.82, 2.24) is 0 Å². The number of allylic oxidation sites excluding steroid dienone is 1. The summed E-state index contributed by atoms with van der Waals surface area (Å²) in [6, 6.07) is 7.68. The highest BCUT2D eigenvalue weighted by atomic mass is 16.5. The summed E-state index contributed by atoms with van der Waals surface area (Å²) in [6.07, 6.45) is 5.32. The lowest BCUT2D eigenvalue weighted by atomic mass is 10.1. The van der Waals surface area contributed by atoms with Crippen molar-refractivity contribution >= 4 is 11.7 Å². The van der Waals surface area contributed by atoms with E-state index in [1.54, 1.807) is 0 Å². The van der Waals surface area contributed by atoms with E-state index in [0.29, 0.717) is 12.2 Å². The normalized spacial score (nSPS) is 14.9. The Morgan fingerprint density at radius 2 is 2.28 bits per heavy atom. The molecule has 0 atom stereocenters. The van der Waals surface area contributed by atoms with Crippen LogP contribution in [0.25, 0.3) is 5.76 Å². The van der Waals surface area contributed by atoms with Gasteiger partial charge in [-0.2, -0.15) is 0 Å². The summed E-state index contributed by atoms with van der Waals surface area (Å²) in [5.41, 5.74) is 0.900. The number of esters is 1. The molecule has 3 heteroatoms. The SMILES string of the molecule is CCCCOc1cccc(C2=CCCC(=O)O2)c1. The second kappa shape index (κ2) is 6.24. The smallest absolute Gasteiger partial charge is 0.311 e. The van der Waals surface area contributed by atoms with E-state index in [9.17, 15) is 4.79 Å². The maximum Gasteiger partial charge on any atom is 0.311 e. The molecule has 0 amide bonds. The molecule has 0 fully saturated rings. The van der Waals surface area contributed by atoms with E-state index in [2.05, 4.69) is 6.92 Å². The van der Waals surface area contributed by atoms with Gasteiger partial charge < -0.3 is 9.47 Å². The molecule has 1 heterocycles. The fourth-order valence-corrected chi connectivity index (χ4v) is 1.79. The Morgan fingerprint density at radius 3 is 3.06 bits per heavy atom. The molecule has 0 N–H and O–H groups in total. The summed E-state index contributed by atoms with van der Waals surface area (Å²) in [6.45, 7) is 2.85. The van der Waals surface area contributed by atoms with E-state index in [1.165, 1.54) is 0 Å². The van der Waals surface area contributed by atoms with E-state index < -0.39 is 0 Å². The van der Waals surface area contributed by atoms with Gasteiger partial charge in [0.1, 0.15) is 11.5 Å². The minimum Gasteiger partial charge on any atom is -0.494 e. The van der Waals surface area contributed by atoms with Gasteiger partial charge >= 0.3 is 5.97 Å². The fourth-order valence-electron chi connectivity index (χ4n) is 1.79. The van der Waals surface area contributed by atoms with Crippen LogP contribution >= 0.6 is 0 Å². The third-order valence-corrected chi connectivity index (χ3v) is 2.79. The molecule has 1 aliphatic rings. The van der Waals surface area contributed by atoms with Crippen LogP contribution in [0.4, 0.5) is 0 Å². The number of unbranched alkanes of at least 4 members (excludes halogenated alkanes) is 1. The third kappa shape index (κ3) is 3.36. The molecule has 96 valence electrons. The van der Waals surface area contributed by atoms with Gasteiger partial charge in [-0.1, -0.05) is 25.5 Å². The molecule has 2 rings (SSSR count). The number of carbonyl (C=O) groups excluding carboxylic acids is 1. The lowest BCUT2D eigenvalue weighted by molar-refractivity contribution is -0.137. The Balaban J connectivity index is 2.07. The third-order valence-electron chi connectivity index (χ3n) is 2.79. The molecular formula is C15H18O3. The maximum atomic E-state index is 11.2. The highest BCUT2D eigenvalue weighted by Crippen LogP contribution is 2.25. The number of carbonyl (C=O) groups is 1. The number of benzene rings is 1. The molecule has 0 aromatic heterocycles. The molecule has 0 bridgehead atoms. The summed E-state index contributed by atoms with van der Waals surface area (Å²) in [7, 11) is 0. The van der Waals surface area contributed by atoms with Crippen molar-refractivity contribution in [2.45, 2.75) is 32.6 Å². The molecule has 0 unspecified atom stereocenters. The molecule has 1 aromatic rings. The van der Waals surface area contributed by atoms with E-state index in [4.69, 9.17) is 9.47 Å². The Hall–Kier alpha value is -1.77. The average molecular weight is 246 g/mol. The van der Waals surface area contributed by atoms with Crippen molar-refractivity contribution in [2.24, 2.45) is 0 Å². The second-order valence-electron chi connectivity index (χ2n) is 4.31. The minimum atomic E-state index is -0.162. The van der Waals surface area contributed by atoms with Gasteiger partial charge in [-0.3, -0.25) is 4.79 Å². The molecule has 3 nitrogen and oxygen atoms in total. The zero-order valence-corrected chi connectivity index (χ0v) is 10.6. The average Bonchev–Trinajstić information content (AvgIpc) is 2.39. The van der Waals surface area contributed by atoms with Crippen LogP contribution in [0.3, 0.4) is 0 Å². The molecule has 0 aliphatic carbocycles. The van der Waals surface area contributed by atoms with Crippen molar-refractivity contribution in [2.75, 3.05) is 6.61 Å². The van der Waals surface area contributed by atoms with E-state index >= 15 is 0 Å². The van der Waals surface area contributed by atoms with Crippen LogP contribution in [0.15, 0.2) is 30.3 Å². The van der Waals surface area contributed by atoms with Gasteiger partial charge in [0.15, 0.2) is 0 Å². The number of cyclic esters (lactones) is 1. The second-order valence-corrected chi connectivity index (χ2v) is 4.31. The van der Waals surface area contributed by atoms with Gasteiger partial charge in [-0.15, -0.1) is 0 Å². The summed E-state index contributed by atoms with van der Waals surface area (Å²) in [5.74, 6) is 1.31. The number of hydrogen-bond donors (Lipinski definition) is 0. The monoisotopic (exact) mass is 246 g/mol. The summed E-state index contributed by atoms with van der Waals surface area (Å²) < 4.78 is 10.9. The molecule has 1 aromatic carbocycles. The van der Waals surface area contributed by atoms with Gasteiger partial charge in [0.25, 0.3) is 0 Å². The van der Waals surface area contributed by atoms with Crippen LogP contribution in [0.2, 0.25) is 0 Å². The van der Waals surface area contributed by atoms with Crippen LogP contribution in [-0.4, -0.2) is 12.6 Å². The Kier molecular flexibility index (Phi) is 4.40. The Labute approximate surface area is 107 Å². The van der Waals surface area contributed by atoms with Crippen LogP contribution in [0.1, 0.15) is 38.2 Å². The van der Waals surface area contributed by atoms with Gasteiger partial charge in [-0.05, 0) is 31.1 Å². The summed E-state index contributed by atoms with van der Waals surface area (Å²) in [5, 5.41) is 0. The van der Waals surface area contributed by atoms with Crippen molar-refractivity contribution < 1.29 is 14.3 Å². The van der Waals surface area contributed by atoms with Crippen molar-refractivity contribution in [3.05, 3.63) is 35.9 Å². The van der Waals surface area contributed by atoms with E-state index in [1.807, 2.05) is 30.3 Å². The van der Waals surface area contributed by atoms with Crippen LogP contribution in [0, 0.1) is 0 Å². The minimum absolute atomic E-state index is 0.162. The first-order valence-corrected chi connectivity index (χ1v) is 6.43. The molecule has 0 saturated heterocycles. The van der Waals surface area contributed by atoms with Gasteiger partial charge in [0.2, 0.25) is 0 Å². The molecule has 0 radical (unpaired) electrons. The van der Waals surface area contributed by atoms with Gasteiger partial charge in [-0.25, -0.2) is 0 Å². The first kappa shape index (κ1) is 12.7. The molecule has 0 spiro atoms. The number of ether oxygens (including phenoxy) is 2. The van der Waals surface area contributed by atoms with Crippen molar-refractivity contribution in [1.29, 1.82) is 0 Å². The van der Waals surface area contributed by atoms with Crippen molar-refractivity contribution in [3.63, 3.8) is 0 Å². The highest BCUT2D eigenvalue weighted by Gasteiger charge is 2.14. The van der Waals surface area contributed by atoms with E-state index in [0.717, 1.165) is 37.2 Å². The predicted molar refractivity (Wildman–Crippen MR) is 70.1 cm³/mol. The molecule has 18 heavy (non-hydrogen) atoms. The lowest BCUT2D eigenvalue weighted by Gasteiger charge is -2.14. The Bertz CT molecular complexity index is 449. The highest BCUT2D eigenvalue weighted by molar-refractivity contribution is 5.80. The quantitative estimate of drug-likeness (QED) is 0.589. The Morgan fingerprint density at radius 1 is 1.39 bits per heavy atom. The van der Waals surface area contributed by atoms with Gasteiger partial charge in [0.05, 0.1) is 6.61 Å².